The Hall–Kier alpha value is -2.71. The second-order valence-electron chi connectivity index (χ2n) is 7.50. The first-order valence-electron chi connectivity index (χ1n) is 9.71. The minimum absolute atomic E-state index is 0.103. The van der Waals surface area contributed by atoms with Gasteiger partial charge in [-0.05, 0) is 36.4 Å². The maximum absolute atomic E-state index is 12.7. The molecule has 184 valence electrons. The first-order valence-corrected chi connectivity index (χ1v) is 12.2. The molecular formula is C20H20F3N3O6S2. The molecule has 0 saturated carbocycles. The van der Waals surface area contributed by atoms with E-state index in [-0.39, 0.29) is 28.3 Å². The van der Waals surface area contributed by atoms with Crippen molar-refractivity contribution < 1.29 is 42.2 Å². The van der Waals surface area contributed by atoms with E-state index in [1.165, 1.54) is 35.7 Å². The largest absolute Gasteiger partial charge is 0.491 e. The quantitative estimate of drug-likeness (QED) is 0.279. The van der Waals surface area contributed by atoms with Crippen molar-refractivity contribution in [2.24, 2.45) is 5.73 Å². The van der Waals surface area contributed by atoms with E-state index in [1.807, 2.05) is 0 Å². The molecule has 1 aromatic carbocycles. The third-order valence-corrected chi connectivity index (χ3v) is 7.14. The van der Waals surface area contributed by atoms with Crippen LogP contribution in [-0.4, -0.2) is 63.4 Å². The molecule has 1 aromatic rings. The van der Waals surface area contributed by atoms with Gasteiger partial charge in [-0.15, -0.1) is 11.8 Å². The first-order chi connectivity index (χ1) is 15.9. The lowest BCUT2D eigenvalue weighted by Gasteiger charge is -2.49. The minimum Gasteiger partial charge on any atom is -0.477 e. The fourth-order valence-corrected chi connectivity index (χ4v) is 5.32. The van der Waals surface area contributed by atoms with Gasteiger partial charge in [0.2, 0.25) is 5.91 Å². The molecule has 0 aromatic heterocycles. The molecule has 2 aliphatic heterocycles. The monoisotopic (exact) mass is 519 g/mol. The van der Waals surface area contributed by atoms with Crippen LogP contribution in [0.2, 0.25) is 0 Å². The lowest BCUT2D eigenvalue weighted by molar-refractivity contribution is -0.189. The summed E-state index contributed by atoms with van der Waals surface area (Å²) < 4.78 is 42.1. The van der Waals surface area contributed by atoms with Crippen LogP contribution in [0.15, 0.2) is 29.5 Å². The average molecular weight is 520 g/mol. The van der Waals surface area contributed by atoms with Gasteiger partial charge in [-0.3, -0.25) is 14.5 Å². The molecule has 34 heavy (non-hydrogen) atoms. The molecule has 0 radical (unpaired) electrons. The van der Waals surface area contributed by atoms with Crippen LogP contribution in [0, 0.1) is 0 Å². The van der Waals surface area contributed by atoms with Gasteiger partial charge in [-0.1, -0.05) is 6.07 Å². The second-order valence-corrected chi connectivity index (χ2v) is 9.47. The summed E-state index contributed by atoms with van der Waals surface area (Å²) in [5.74, 6) is -4.65. The highest BCUT2D eigenvalue weighted by molar-refractivity contribution is 8.00. The summed E-state index contributed by atoms with van der Waals surface area (Å²) in [6, 6.07) is 1.49. The highest BCUT2D eigenvalue weighted by Gasteiger charge is 2.54. The Morgan fingerprint density at radius 2 is 2.06 bits per heavy atom. The summed E-state index contributed by atoms with van der Waals surface area (Å²) in [6.07, 6.45) is -3.48. The molecule has 2 aliphatic rings. The SMILES string of the molecule is CSCc1cc(C(N)C(=O)NC2C(=O)N3C(C(=O)O)=C(C)CSC23)ccc1OC(=O)C(F)(F)F. The molecule has 14 heteroatoms. The van der Waals surface area contributed by atoms with Crippen molar-refractivity contribution in [3.63, 3.8) is 0 Å². The van der Waals surface area contributed by atoms with E-state index in [4.69, 9.17) is 5.73 Å². The van der Waals surface area contributed by atoms with Gasteiger partial charge < -0.3 is 20.9 Å². The summed E-state index contributed by atoms with van der Waals surface area (Å²) >= 11 is 2.56. The van der Waals surface area contributed by atoms with Gasteiger partial charge in [0.15, 0.2) is 0 Å². The number of carboxylic acid groups (broad SMARTS) is 1. The highest BCUT2D eigenvalue weighted by atomic mass is 32.2. The lowest BCUT2D eigenvalue weighted by Crippen LogP contribution is -2.71. The van der Waals surface area contributed by atoms with Gasteiger partial charge in [0.05, 0.1) is 0 Å². The van der Waals surface area contributed by atoms with Crippen LogP contribution >= 0.6 is 23.5 Å². The molecule has 3 atom stereocenters. The molecule has 9 nitrogen and oxygen atoms in total. The van der Waals surface area contributed by atoms with Crippen molar-refractivity contribution in [3.8, 4) is 5.75 Å². The molecule has 1 fully saturated rings. The number of alkyl halides is 3. The van der Waals surface area contributed by atoms with Gasteiger partial charge in [0.25, 0.3) is 5.91 Å². The number of carboxylic acids is 1. The molecule has 0 aliphatic carbocycles. The predicted octanol–water partition coefficient (Wildman–Crippen LogP) is 1.78. The number of benzene rings is 1. The highest BCUT2D eigenvalue weighted by Crippen LogP contribution is 2.40. The normalized spacial score (nSPS) is 20.9. The van der Waals surface area contributed by atoms with Crippen LogP contribution in [-0.2, 0) is 24.9 Å². The number of amides is 2. The van der Waals surface area contributed by atoms with Gasteiger partial charge >= 0.3 is 18.1 Å². The van der Waals surface area contributed by atoms with E-state index in [0.717, 1.165) is 11.0 Å². The van der Waals surface area contributed by atoms with Crippen molar-refractivity contribution in [3.05, 3.63) is 40.6 Å². The van der Waals surface area contributed by atoms with E-state index in [0.29, 0.717) is 11.3 Å². The van der Waals surface area contributed by atoms with E-state index in [1.54, 1.807) is 13.2 Å². The number of hydrogen-bond donors (Lipinski definition) is 3. The van der Waals surface area contributed by atoms with E-state index in [9.17, 15) is 37.5 Å². The van der Waals surface area contributed by atoms with Crippen molar-refractivity contribution in [2.75, 3.05) is 12.0 Å². The summed E-state index contributed by atoms with van der Waals surface area (Å²) in [7, 11) is 0. The first kappa shape index (κ1) is 25.9. The number of nitrogens with two attached hydrogens (primary N) is 1. The van der Waals surface area contributed by atoms with Crippen molar-refractivity contribution in [1.82, 2.24) is 10.2 Å². The Labute approximate surface area is 200 Å². The average Bonchev–Trinajstić information content (AvgIpc) is 2.76. The molecule has 2 heterocycles. The van der Waals surface area contributed by atoms with Crippen molar-refractivity contribution in [1.29, 1.82) is 0 Å². The molecule has 1 saturated heterocycles. The topological polar surface area (TPSA) is 139 Å². The molecule has 3 rings (SSSR count). The van der Waals surface area contributed by atoms with Crippen LogP contribution in [0.3, 0.4) is 0 Å². The Balaban J connectivity index is 1.74. The number of ether oxygens (including phenoxy) is 1. The number of esters is 1. The van der Waals surface area contributed by atoms with Crippen LogP contribution < -0.4 is 15.8 Å². The number of hydrogen-bond acceptors (Lipinski definition) is 8. The van der Waals surface area contributed by atoms with Crippen LogP contribution in [0.1, 0.15) is 24.1 Å². The maximum atomic E-state index is 12.7. The number of carbonyl (C=O) groups excluding carboxylic acids is 3. The van der Waals surface area contributed by atoms with E-state index in [2.05, 4.69) is 10.1 Å². The summed E-state index contributed by atoms with van der Waals surface area (Å²) in [4.78, 5) is 49.1. The summed E-state index contributed by atoms with van der Waals surface area (Å²) in [5, 5.41) is 11.3. The van der Waals surface area contributed by atoms with E-state index >= 15 is 0 Å². The summed E-state index contributed by atoms with van der Waals surface area (Å²) in [5.41, 5.74) is 6.92. The number of β-lactam (4-membered cyclic amide) rings is 1. The number of nitrogens with one attached hydrogen (secondary N) is 1. The number of carbonyl (C=O) groups is 4. The lowest BCUT2D eigenvalue weighted by atomic mass is 10.0. The Morgan fingerprint density at radius 3 is 2.65 bits per heavy atom. The standard InChI is InChI=1S/C20H20F3N3O6S2/c1-8-6-34-17-13(16(28)26(17)14(8)18(29)30)25-15(27)12(24)9-3-4-11(10(5-9)7-33-2)32-19(31)20(21,22)23/h3-5,12-13,17H,6-7,24H2,1-2H3,(H,25,27)(H,29,30). The number of rotatable bonds is 7. The van der Waals surface area contributed by atoms with Gasteiger partial charge in [-0.2, -0.15) is 24.9 Å². The third kappa shape index (κ3) is 5.03. The fraction of sp³-hybridized carbons (Fsp3) is 0.400. The smallest absolute Gasteiger partial charge is 0.477 e. The van der Waals surface area contributed by atoms with Gasteiger partial charge in [0, 0.05) is 17.1 Å². The van der Waals surface area contributed by atoms with E-state index < -0.39 is 47.4 Å². The summed E-state index contributed by atoms with van der Waals surface area (Å²) in [6.45, 7) is 1.61. The maximum Gasteiger partial charge on any atom is 0.491 e. The zero-order valence-electron chi connectivity index (χ0n) is 17.8. The van der Waals surface area contributed by atoms with Gasteiger partial charge in [0.1, 0.15) is 28.9 Å². The van der Waals surface area contributed by atoms with Crippen LogP contribution in [0.5, 0.6) is 5.75 Å². The number of halogens is 3. The zero-order chi connectivity index (χ0) is 25.4. The third-order valence-electron chi connectivity index (χ3n) is 5.12. The Kier molecular flexibility index (Phi) is 7.53. The zero-order valence-corrected chi connectivity index (χ0v) is 19.5. The predicted molar refractivity (Wildman–Crippen MR) is 118 cm³/mol. The number of nitrogens with zero attached hydrogens (tertiary/aromatic N) is 1. The van der Waals surface area contributed by atoms with Crippen LogP contribution in [0.4, 0.5) is 13.2 Å². The van der Waals surface area contributed by atoms with Gasteiger partial charge in [-0.25, -0.2) is 9.59 Å². The number of fused-ring (bicyclic) bond motifs is 1. The van der Waals surface area contributed by atoms with Crippen LogP contribution in [0.25, 0.3) is 0 Å². The molecule has 4 N–H and O–H groups in total. The van der Waals surface area contributed by atoms with Crippen molar-refractivity contribution >= 4 is 47.3 Å². The molecular weight excluding hydrogens is 499 g/mol. The Morgan fingerprint density at radius 1 is 1.38 bits per heavy atom. The molecule has 2 amide bonds. The fourth-order valence-electron chi connectivity index (χ4n) is 3.49. The number of thioether (sulfide) groups is 2. The Bertz CT molecular complexity index is 1080. The minimum atomic E-state index is -5.17. The molecule has 3 unspecified atom stereocenters. The number of aliphatic carboxylic acids is 1. The van der Waals surface area contributed by atoms with Crippen molar-refractivity contribution in [2.45, 2.75) is 36.3 Å². The molecule has 0 spiro atoms. The second kappa shape index (κ2) is 9.88. The molecule has 0 bridgehead atoms.